The quantitative estimate of drug-likeness (QED) is 0.774. The summed E-state index contributed by atoms with van der Waals surface area (Å²) >= 11 is 5.66. The molecule has 1 aliphatic heterocycles. The van der Waals surface area contributed by atoms with Crippen LogP contribution in [-0.2, 0) is 9.73 Å². The van der Waals surface area contributed by atoms with Gasteiger partial charge in [-0.1, -0.05) is 16.8 Å². The average Bonchev–Trinajstić information content (AvgIpc) is 2.83. The summed E-state index contributed by atoms with van der Waals surface area (Å²) in [6, 6.07) is 3.87. The van der Waals surface area contributed by atoms with E-state index in [1.165, 1.54) is 12.1 Å². The topological polar surface area (TPSA) is 82.9 Å². The maximum absolute atomic E-state index is 13.1. The molecule has 0 fully saturated rings. The summed E-state index contributed by atoms with van der Waals surface area (Å²) < 4.78 is 13.1. The Morgan fingerprint density at radius 1 is 1.62 bits per heavy atom. The SMILES string of the molecule is CC1(CCCO)NON=C1C(=O)Nc1ccc(F)c(Cl)c1. The van der Waals surface area contributed by atoms with Gasteiger partial charge in [-0.05, 0) is 38.0 Å². The van der Waals surface area contributed by atoms with Crippen LogP contribution in [0.25, 0.3) is 0 Å². The Balaban J connectivity index is 2.10. The third-order valence-electron chi connectivity index (χ3n) is 3.16. The van der Waals surface area contributed by atoms with Crippen molar-refractivity contribution in [1.29, 1.82) is 0 Å². The molecule has 2 rings (SSSR count). The molecule has 1 aromatic carbocycles. The summed E-state index contributed by atoms with van der Waals surface area (Å²) in [6.07, 6.45) is 0.960. The number of carbonyl (C=O) groups is 1. The minimum atomic E-state index is -0.795. The van der Waals surface area contributed by atoms with Crippen LogP contribution in [0, 0.1) is 5.82 Å². The molecule has 6 nitrogen and oxygen atoms in total. The molecule has 0 bridgehead atoms. The van der Waals surface area contributed by atoms with E-state index in [1.807, 2.05) is 0 Å². The van der Waals surface area contributed by atoms with Gasteiger partial charge in [-0.3, -0.25) is 9.73 Å². The van der Waals surface area contributed by atoms with Crippen molar-refractivity contribution in [3.05, 3.63) is 29.0 Å². The van der Waals surface area contributed by atoms with Crippen LogP contribution in [0.4, 0.5) is 10.1 Å². The number of hydrogen-bond acceptors (Lipinski definition) is 5. The molecule has 0 aliphatic carbocycles. The van der Waals surface area contributed by atoms with E-state index in [-0.39, 0.29) is 17.3 Å². The molecule has 3 N–H and O–H groups in total. The first kappa shape index (κ1) is 15.7. The molecular weight excluding hydrogens is 301 g/mol. The third kappa shape index (κ3) is 3.49. The van der Waals surface area contributed by atoms with Gasteiger partial charge >= 0.3 is 0 Å². The fourth-order valence-electron chi connectivity index (χ4n) is 1.98. The van der Waals surface area contributed by atoms with Crippen LogP contribution in [-0.4, -0.2) is 28.9 Å². The third-order valence-corrected chi connectivity index (χ3v) is 3.45. The van der Waals surface area contributed by atoms with Crippen molar-refractivity contribution in [2.45, 2.75) is 25.3 Å². The molecule has 1 unspecified atom stereocenters. The molecule has 1 heterocycles. The number of nitrogens with one attached hydrogen (secondary N) is 2. The zero-order chi connectivity index (χ0) is 15.5. The Labute approximate surface area is 125 Å². The molecule has 1 amide bonds. The predicted molar refractivity (Wildman–Crippen MR) is 76.4 cm³/mol. The highest BCUT2D eigenvalue weighted by Crippen LogP contribution is 2.23. The van der Waals surface area contributed by atoms with Crippen molar-refractivity contribution in [2.75, 3.05) is 11.9 Å². The van der Waals surface area contributed by atoms with Crippen LogP contribution in [0.1, 0.15) is 19.8 Å². The molecule has 0 saturated carbocycles. The van der Waals surface area contributed by atoms with Gasteiger partial charge in [0.1, 0.15) is 11.4 Å². The van der Waals surface area contributed by atoms with E-state index in [9.17, 15) is 9.18 Å². The van der Waals surface area contributed by atoms with Crippen LogP contribution in [0.3, 0.4) is 0 Å². The molecule has 21 heavy (non-hydrogen) atoms. The van der Waals surface area contributed by atoms with Crippen LogP contribution < -0.4 is 10.8 Å². The van der Waals surface area contributed by atoms with E-state index in [4.69, 9.17) is 21.6 Å². The number of aliphatic hydroxyl groups is 1. The van der Waals surface area contributed by atoms with Gasteiger partial charge in [-0.15, -0.1) is 5.48 Å². The lowest BCUT2D eigenvalue weighted by molar-refractivity contribution is -0.110. The van der Waals surface area contributed by atoms with Crippen LogP contribution >= 0.6 is 11.6 Å². The fraction of sp³-hybridized carbons (Fsp3) is 0.385. The van der Waals surface area contributed by atoms with E-state index in [0.717, 1.165) is 6.07 Å². The number of anilines is 1. The summed E-state index contributed by atoms with van der Waals surface area (Å²) in [5.41, 5.74) is 2.35. The molecule has 0 aromatic heterocycles. The van der Waals surface area contributed by atoms with Gasteiger partial charge in [0.2, 0.25) is 0 Å². The largest absolute Gasteiger partial charge is 0.396 e. The Morgan fingerprint density at radius 2 is 2.38 bits per heavy atom. The van der Waals surface area contributed by atoms with Gasteiger partial charge in [-0.2, -0.15) is 0 Å². The minimum absolute atomic E-state index is 0.000259. The zero-order valence-corrected chi connectivity index (χ0v) is 12.1. The number of carbonyl (C=O) groups excluding carboxylic acids is 1. The summed E-state index contributed by atoms with van der Waals surface area (Å²) in [6.45, 7) is 1.74. The summed E-state index contributed by atoms with van der Waals surface area (Å²) in [5.74, 6) is -1.05. The summed E-state index contributed by atoms with van der Waals surface area (Å²) in [5, 5.41) is 15.1. The highest BCUT2D eigenvalue weighted by molar-refractivity contribution is 6.46. The maximum Gasteiger partial charge on any atom is 0.275 e. The number of amides is 1. The molecule has 114 valence electrons. The first-order valence-electron chi connectivity index (χ1n) is 6.35. The maximum atomic E-state index is 13.1. The van der Waals surface area contributed by atoms with Gasteiger partial charge in [0, 0.05) is 12.3 Å². The monoisotopic (exact) mass is 315 g/mol. The summed E-state index contributed by atoms with van der Waals surface area (Å²) in [7, 11) is 0. The van der Waals surface area contributed by atoms with Crippen molar-refractivity contribution >= 4 is 28.9 Å². The molecule has 1 atom stereocenters. The van der Waals surface area contributed by atoms with Crippen molar-refractivity contribution in [2.24, 2.45) is 5.16 Å². The number of rotatable bonds is 5. The first-order chi connectivity index (χ1) is 9.96. The minimum Gasteiger partial charge on any atom is -0.396 e. The smallest absolute Gasteiger partial charge is 0.275 e. The lowest BCUT2D eigenvalue weighted by Crippen LogP contribution is -2.48. The second-order valence-electron chi connectivity index (χ2n) is 4.88. The van der Waals surface area contributed by atoms with Crippen LogP contribution in [0.5, 0.6) is 0 Å². The van der Waals surface area contributed by atoms with E-state index in [0.29, 0.717) is 18.5 Å². The van der Waals surface area contributed by atoms with E-state index in [1.54, 1.807) is 6.92 Å². The van der Waals surface area contributed by atoms with Gasteiger partial charge in [0.25, 0.3) is 5.91 Å². The van der Waals surface area contributed by atoms with Crippen LogP contribution in [0.2, 0.25) is 5.02 Å². The molecule has 0 spiro atoms. The van der Waals surface area contributed by atoms with Crippen LogP contribution in [0.15, 0.2) is 23.4 Å². The van der Waals surface area contributed by atoms with E-state index < -0.39 is 17.3 Å². The normalized spacial score (nSPS) is 20.9. The molecule has 0 saturated heterocycles. The number of benzene rings is 1. The van der Waals surface area contributed by atoms with Gasteiger partial charge in [-0.25, -0.2) is 4.39 Å². The summed E-state index contributed by atoms with van der Waals surface area (Å²) in [4.78, 5) is 17.0. The standard InChI is InChI=1S/C13H15ClFN3O3/c1-13(5-2-6-19)11(17-21-18-13)12(20)16-8-3-4-10(15)9(14)7-8/h3-4,7,18-19H,2,5-6H2,1H3,(H,16,20). The fourth-order valence-corrected chi connectivity index (χ4v) is 2.16. The molecule has 0 radical (unpaired) electrons. The highest BCUT2D eigenvalue weighted by Gasteiger charge is 2.40. The van der Waals surface area contributed by atoms with Crippen molar-refractivity contribution in [3.8, 4) is 0 Å². The Morgan fingerprint density at radius 3 is 3.05 bits per heavy atom. The van der Waals surface area contributed by atoms with Crippen molar-refractivity contribution < 1.29 is 19.2 Å². The molecular formula is C13H15ClFN3O3. The van der Waals surface area contributed by atoms with Gasteiger partial charge < -0.3 is 10.4 Å². The number of oxime groups is 1. The lowest BCUT2D eigenvalue weighted by Gasteiger charge is -2.22. The number of hydroxylamine groups is 1. The van der Waals surface area contributed by atoms with Crippen molar-refractivity contribution in [3.63, 3.8) is 0 Å². The Hall–Kier alpha value is -1.70. The Bertz CT molecular complexity index is 582. The van der Waals surface area contributed by atoms with Gasteiger partial charge in [0.05, 0.1) is 5.02 Å². The predicted octanol–water partition coefficient (Wildman–Crippen LogP) is 1.84. The highest BCUT2D eigenvalue weighted by atomic mass is 35.5. The first-order valence-corrected chi connectivity index (χ1v) is 6.73. The zero-order valence-electron chi connectivity index (χ0n) is 11.3. The van der Waals surface area contributed by atoms with E-state index in [2.05, 4.69) is 16.0 Å². The molecule has 1 aromatic rings. The van der Waals surface area contributed by atoms with Gasteiger partial charge in [0.15, 0.2) is 5.71 Å². The number of halogens is 2. The Kier molecular flexibility index (Phi) is 4.76. The number of hydrogen-bond donors (Lipinski definition) is 3. The number of aliphatic hydroxyl groups excluding tert-OH is 1. The molecule has 1 aliphatic rings. The molecule has 8 heteroatoms. The number of nitrogens with zero attached hydrogens (tertiary/aromatic N) is 1. The van der Waals surface area contributed by atoms with Crippen molar-refractivity contribution in [1.82, 2.24) is 5.48 Å². The lowest BCUT2D eigenvalue weighted by atomic mass is 9.90. The average molecular weight is 316 g/mol. The van der Waals surface area contributed by atoms with E-state index >= 15 is 0 Å². The second kappa shape index (κ2) is 6.38. The second-order valence-corrected chi connectivity index (χ2v) is 5.28.